The lowest BCUT2D eigenvalue weighted by Crippen LogP contribution is -2.19. The van der Waals surface area contributed by atoms with E-state index in [1.165, 1.54) is 34.6 Å². The molecule has 2 aliphatic rings. The number of pyridine rings is 1. The minimum atomic E-state index is -0.479. The number of nitrogens with two attached hydrogens (primary N) is 2. The normalized spacial score (nSPS) is 17.3. The largest absolute Gasteiger partial charge is 0.397 e. The van der Waals surface area contributed by atoms with E-state index in [-0.39, 0.29) is 0 Å². The van der Waals surface area contributed by atoms with Gasteiger partial charge in [0.05, 0.1) is 11.4 Å². The van der Waals surface area contributed by atoms with Crippen molar-refractivity contribution in [2.45, 2.75) is 25.9 Å². The molecule has 1 saturated carbocycles. The Hall–Kier alpha value is -1.96. The van der Waals surface area contributed by atoms with Crippen molar-refractivity contribution in [2.24, 2.45) is 11.7 Å². The van der Waals surface area contributed by atoms with Crippen LogP contribution in [0.15, 0.2) is 17.5 Å². The molecule has 3 aromatic heterocycles. The van der Waals surface area contributed by atoms with Crippen LogP contribution in [0.5, 0.6) is 0 Å². The van der Waals surface area contributed by atoms with Crippen molar-refractivity contribution in [1.29, 1.82) is 0 Å². The van der Waals surface area contributed by atoms with Crippen molar-refractivity contribution in [1.82, 2.24) is 9.88 Å². The summed E-state index contributed by atoms with van der Waals surface area (Å²) in [5, 5.41) is 2.97. The van der Waals surface area contributed by atoms with E-state index < -0.39 is 5.91 Å². The maximum atomic E-state index is 11.7. The molecular formula is C18H18N4OS2. The van der Waals surface area contributed by atoms with E-state index in [0.717, 1.165) is 47.0 Å². The first-order chi connectivity index (χ1) is 12.1. The number of aromatic nitrogens is 1. The molecule has 0 spiro atoms. The van der Waals surface area contributed by atoms with Gasteiger partial charge in [-0.1, -0.05) is 6.07 Å². The van der Waals surface area contributed by atoms with Crippen molar-refractivity contribution >= 4 is 44.5 Å². The summed E-state index contributed by atoms with van der Waals surface area (Å²) >= 11 is 3.01. The number of nitrogens with zero attached hydrogens (tertiary/aromatic N) is 2. The Morgan fingerprint density at radius 1 is 1.36 bits per heavy atom. The Bertz CT molecular complexity index is 989. The van der Waals surface area contributed by atoms with Gasteiger partial charge in [0, 0.05) is 35.5 Å². The van der Waals surface area contributed by atoms with Crippen LogP contribution in [0.25, 0.3) is 20.7 Å². The van der Waals surface area contributed by atoms with E-state index in [1.54, 1.807) is 11.3 Å². The highest BCUT2D eigenvalue weighted by Gasteiger charge is 2.32. The fourth-order valence-electron chi connectivity index (χ4n) is 3.70. The summed E-state index contributed by atoms with van der Waals surface area (Å²) in [5.74, 6) is 0.375. The molecule has 3 aromatic rings. The fraction of sp³-hybridized carbons (Fsp3) is 0.333. The van der Waals surface area contributed by atoms with Gasteiger partial charge in [0.25, 0.3) is 5.91 Å². The molecule has 0 unspecified atom stereocenters. The van der Waals surface area contributed by atoms with Gasteiger partial charge in [0.2, 0.25) is 0 Å². The van der Waals surface area contributed by atoms with E-state index >= 15 is 0 Å². The molecular weight excluding hydrogens is 352 g/mol. The van der Waals surface area contributed by atoms with Gasteiger partial charge in [-0.15, -0.1) is 22.7 Å². The topological polar surface area (TPSA) is 85.2 Å². The Morgan fingerprint density at radius 3 is 2.88 bits per heavy atom. The van der Waals surface area contributed by atoms with Gasteiger partial charge in [-0.25, -0.2) is 4.98 Å². The number of hydrogen-bond acceptors (Lipinski definition) is 6. The molecule has 128 valence electrons. The minimum Gasteiger partial charge on any atom is -0.397 e. The average Bonchev–Trinajstić information content (AvgIpc) is 2.99. The van der Waals surface area contributed by atoms with Crippen molar-refractivity contribution in [3.05, 3.63) is 33.6 Å². The SMILES string of the molecule is NC(=O)c1sc2nc3c(c(-c4cccs4)c2c1N)CN(CC1CC1)C3. The van der Waals surface area contributed by atoms with Crippen LogP contribution in [0.2, 0.25) is 0 Å². The summed E-state index contributed by atoms with van der Waals surface area (Å²) in [6, 6.07) is 4.16. The molecule has 0 aromatic carbocycles. The zero-order valence-electron chi connectivity index (χ0n) is 13.6. The molecule has 1 aliphatic carbocycles. The highest BCUT2D eigenvalue weighted by atomic mass is 32.1. The van der Waals surface area contributed by atoms with Crippen molar-refractivity contribution in [2.75, 3.05) is 12.3 Å². The average molecular weight is 371 g/mol. The number of thiophene rings is 2. The van der Waals surface area contributed by atoms with E-state index in [2.05, 4.69) is 16.3 Å². The lowest BCUT2D eigenvalue weighted by molar-refractivity contribution is 0.100. The van der Waals surface area contributed by atoms with Crippen molar-refractivity contribution in [3.8, 4) is 10.4 Å². The number of rotatable bonds is 4. The second-order valence-electron chi connectivity index (χ2n) is 6.89. The summed E-state index contributed by atoms with van der Waals surface area (Å²) in [4.78, 5) is 21.5. The third-order valence-electron chi connectivity index (χ3n) is 5.02. The van der Waals surface area contributed by atoms with E-state index in [0.29, 0.717) is 10.6 Å². The molecule has 5 rings (SSSR count). The monoisotopic (exact) mass is 370 g/mol. The third kappa shape index (κ3) is 2.46. The summed E-state index contributed by atoms with van der Waals surface area (Å²) in [6.45, 7) is 2.93. The molecule has 0 radical (unpaired) electrons. The van der Waals surface area contributed by atoms with Gasteiger partial charge in [-0.05, 0) is 35.8 Å². The Labute approximate surface area is 153 Å². The molecule has 1 aliphatic heterocycles. The predicted octanol–water partition coefficient (Wildman–Crippen LogP) is 3.43. The number of fused-ring (bicyclic) bond motifs is 2. The first-order valence-corrected chi connectivity index (χ1v) is 10.1. The molecule has 1 amide bonds. The molecule has 0 atom stereocenters. The molecule has 0 saturated heterocycles. The van der Waals surface area contributed by atoms with Crippen LogP contribution >= 0.6 is 22.7 Å². The minimum absolute atomic E-state index is 0.416. The number of amides is 1. The number of primary amides is 1. The van der Waals surface area contributed by atoms with Crippen LogP contribution in [0.4, 0.5) is 5.69 Å². The van der Waals surface area contributed by atoms with Gasteiger partial charge in [0.1, 0.15) is 9.71 Å². The zero-order valence-corrected chi connectivity index (χ0v) is 15.3. The Balaban J connectivity index is 1.72. The third-order valence-corrected chi connectivity index (χ3v) is 7.02. The molecule has 5 nitrogen and oxygen atoms in total. The van der Waals surface area contributed by atoms with Crippen LogP contribution in [0.1, 0.15) is 33.8 Å². The summed E-state index contributed by atoms with van der Waals surface area (Å²) < 4.78 is 0. The number of nitrogen functional groups attached to an aromatic ring is 1. The molecule has 0 bridgehead atoms. The smallest absolute Gasteiger partial charge is 0.260 e. The summed E-state index contributed by atoms with van der Waals surface area (Å²) in [6.07, 6.45) is 2.70. The van der Waals surface area contributed by atoms with Crippen LogP contribution in [0.3, 0.4) is 0 Å². The van der Waals surface area contributed by atoms with Gasteiger partial charge < -0.3 is 11.5 Å². The van der Waals surface area contributed by atoms with Crippen LogP contribution < -0.4 is 11.5 Å². The van der Waals surface area contributed by atoms with Crippen molar-refractivity contribution < 1.29 is 4.79 Å². The maximum Gasteiger partial charge on any atom is 0.260 e. The molecule has 4 N–H and O–H groups in total. The Morgan fingerprint density at radius 2 is 2.20 bits per heavy atom. The Kier molecular flexibility index (Phi) is 3.38. The van der Waals surface area contributed by atoms with Crippen molar-refractivity contribution in [3.63, 3.8) is 0 Å². The lowest BCUT2D eigenvalue weighted by Gasteiger charge is -2.13. The molecule has 4 heterocycles. The first-order valence-electron chi connectivity index (χ1n) is 8.41. The highest BCUT2D eigenvalue weighted by Crippen LogP contribution is 2.45. The first kappa shape index (κ1) is 15.3. The van der Waals surface area contributed by atoms with E-state index in [9.17, 15) is 4.79 Å². The quantitative estimate of drug-likeness (QED) is 0.737. The van der Waals surface area contributed by atoms with Crippen LogP contribution in [0, 0.1) is 5.92 Å². The molecule has 25 heavy (non-hydrogen) atoms. The second kappa shape index (κ2) is 5.52. The summed E-state index contributed by atoms with van der Waals surface area (Å²) in [7, 11) is 0. The lowest BCUT2D eigenvalue weighted by atomic mass is 10.0. The zero-order chi connectivity index (χ0) is 17.1. The number of carbonyl (C=O) groups excluding carboxylic acids is 1. The number of anilines is 1. The number of hydrogen-bond donors (Lipinski definition) is 2. The van der Waals surface area contributed by atoms with Gasteiger partial charge >= 0.3 is 0 Å². The molecule has 1 fully saturated rings. The van der Waals surface area contributed by atoms with E-state index in [1.807, 2.05) is 6.07 Å². The fourth-order valence-corrected chi connectivity index (χ4v) is 5.48. The standard InChI is InChI=1S/C18H18N4OS2/c19-15-14-13(12-2-1-5-24-12)10-7-22(6-9-3-4-9)8-11(10)21-18(14)25-16(15)17(20)23/h1-2,5,9H,3-4,6-8,19H2,(H2,20,23). The maximum absolute atomic E-state index is 11.7. The summed E-state index contributed by atoms with van der Waals surface area (Å²) in [5.41, 5.74) is 15.8. The van der Waals surface area contributed by atoms with Gasteiger partial charge in [0.15, 0.2) is 0 Å². The van der Waals surface area contributed by atoms with E-state index in [4.69, 9.17) is 16.5 Å². The van der Waals surface area contributed by atoms with Crippen LogP contribution in [-0.4, -0.2) is 22.3 Å². The highest BCUT2D eigenvalue weighted by molar-refractivity contribution is 7.21. The van der Waals surface area contributed by atoms with Crippen LogP contribution in [-0.2, 0) is 13.1 Å². The predicted molar refractivity (Wildman–Crippen MR) is 103 cm³/mol. The molecule has 7 heteroatoms. The number of carbonyl (C=O) groups is 1. The van der Waals surface area contributed by atoms with Gasteiger partial charge in [-0.3, -0.25) is 9.69 Å². The van der Waals surface area contributed by atoms with Gasteiger partial charge in [-0.2, -0.15) is 0 Å². The second-order valence-corrected chi connectivity index (χ2v) is 8.84.